The second kappa shape index (κ2) is 2.00. The van der Waals surface area contributed by atoms with Crippen molar-refractivity contribution in [3.8, 4) is 0 Å². The predicted molar refractivity (Wildman–Crippen MR) is 46.2 cm³/mol. The summed E-state index contributed by atoms with van der Waals surface area (Å²) in [6.45, 7) is 8.10. The number of sulfone groups is 1. The van der Waals surface area contributed by atoms with Gasteiger partial charge in [0.15, 0.2) is 9.84 Å². The van der Waals surface area contributed by atoms with E-state index in [1.807, 2.05) is 27.7 Å². The first-order chi connectivity index (χ1) is 4.66. The molecule has 0 atom stereocenters. The van der Waals surface area contributed by atoms with Gasteiger partial charge in [-0.1, -0.05) is 27.7 Å². The minimum Gasteiger partial charge on any atom is -0.229 e. The lowest BCUT2D eigenvalue weighted by atomic mass is 9.71. The topological polar surface area (TPSA) is 34.1 Å². The first-order valence-corrected chi connectivity index (χ1v) is 5.69. The van der Waals surface area contributed by atoms with Crippen LogP contribution in [0.5, 0.6) is 0 Å². The van der Waals surface area contributed by atoms with Gasteiger partial charge in [0.25, 0.3) is 0 Å². The van der Waals surface area contributed by atoms with Gasteiger partial charge in [-0.25, -0.2) is 8.42 Å². The second-order valence-electron chi connectivity index (χ2n) is 4.80. The largest absolute Gasteiger partial charge is 0.229 e. The van der Waals surface area contributed by atoms with E-state index in [1.165, 1.54) is 0 Å². The van der Waals surface area contributed by atoms with Gasteiger partial charge in [0.05, 0.1) is 11.5 Å². The molecule has 0 spiro atoms. The number of hydrogen-bond donors (Lipinski definition) is 0. The van der Waals surface area contributed by atoms with E-state index < -0.39 is 9.84 Å². The quantitative estimate of drug-likeness (QED) is 0.560. The normalized spacial score (nSPS) is 32.0. The van der Waals surface area contributed by atoms with Crippen LogP contribution in [0, 0.1) is 10.8 Å². The maximum absolute atomic E-state index is 11.3. The van der Waals surface area contributed by atoms with Crippen molar-refractivity contribution >= 4 is 9.84 Å². The average molecular weight is 176 g/mol. The van der Waals surface area contributed by atoms with Gasteiger partial charge in [-0.3, -0.25) is 0 Å². The van der Waals surface area contributed by atoms with Crippen LogP contribution in [-0.4, -0.2) is 19.9 Å². The van der Waals surface area contributed by atoms with Gasteiger partial charge < -0.3 is 0 Å². The van der Waals surface area contributed by atoms with Gasteiger partial charge in [0.2, 0.25) is 0 Å². The Kier molecular flexibility index (Phi) is 1.65. The molecule has 0 bridgehead atoms. The van der Waals surface area contributed by atoms with Crippen LogP contribution in [0.3, 0.4) is 0 Å². The first kappa shape index (κ1) is 9.04. The zero-order valence-electron chi connectivity index (χ0n) is 7.64. The smallest absolute Gasteiger partial charge is 0.151 e. The molecule has 2 nitrogen and oxygen atoms in total. The van der Waals surface area contributed by atoms with E-state index in [-0.39, 0.29) is 10.8 Å². The number of hydrogen-bond acceptors (Lipinski definition) is 2. The maximum atomic E-state index is 11.3. The molecule has 66 valence electrons. The molecule has 0 unspecified atom stereocenters. The Morgan fingerprint density at radius 1 is 0.909 bits per heavy atom. The van der Waals surface area contributed by atoms with E-state index in [4.69, 9.17) is 0 Å². The van der Waals surface area contributed by atoms with E-state index in [0.29, 0.717) is 11.5 Å². The zero-order chi connectivity index (χ0) is 8.91. The zero-order valence-corrected chi connectivity index (χ0v) is 8.46. The van der Waals surface area contributed by atoms with Crippen molar-refractivity contribution in [2.45, 2.75) is 27.7 Å². The third-order valence-electron chi connectivity index (χ3n) is 2.99. The highest BCUT2D eigenvalue weighted by atomic mass is 32.2. The van der Waals surface area contributed by atoms with Gasteiger partial charge in [-0.05, 0) is 10.8 Å². The summed E-state index contributed by atoms with van der Waals surface area (Å²) < 4.78 is 22.5. The van der Waals surface area contributed by atoms with Gasteiger partial charge in [-0.2, -0.15) is 0 Å². The summed E-state index contributed by atoms with van der Waals surface area (Å²) in [5, 5.41) is 0. The molecular weight excluding hydrogens is 160 g/mol. The summed E-state index contributed by atoms with van der Waals surface area (Å²) in [6.07, 6.45) is 0. The second-order valence-corrected chi connectivity index (χ2v) is 6.86. The summed E-state index contributed by atoms with van der Waals surface area (Å²) in [6, 6.07) is 0. The van der Waals surface area contributed by atoms with Crippen LogP contribution in [0.4, 0.5) is 0 Å². The Bertz CT molecular complexity index is 238. The van der Waals surface area contributed by atoms with E-state index in [2.05, 4.69) is 0 Å². The van der Waals surface area contributed by atoms with Crippen LogP contribution in [0.1, 0.15) is 27.7 Å². The van der Waals surface area contributed by atoms with Crippen molar-refractivity contribution in [3.63, 3.8) is 0 Å². The highest BCUT2D eigenvalue weighted by Gasteiger charge is 2.49. The van der Waals surface area contributed by atoms with E-state index >= 15 is 0 Å². The molecule has 1 rings (SSSR count). The lowest BCUT2D eigenvalue weighted by Crippen LogP contribution is -2.30. The molecule has 0 radical (unpaired) electrons. The highest BCUT2D eigenvalue weighted by molar-refractivity contribution is 7.91. The predicted octanol–water partition coefficient (Wildman–Crippen LogP) is 1.47. The molecule has 11 heavy (non-hydrogen) atoms. The SMILES string of the molecule is CC1(C)CS(=O)(=O)CC1(C)C. The molecule has 1 aliphatic heterocycles. The Labute approximate surface area is 68.9 Å². The molecule has 0 amide bonds. The van der Waals surface area contributed by atoms with Crippen LogP contribution >= 0.6 is 0 Å². The van der Waals surface area contributed by atoms with Crippen molar-refractivity contribution in [1.29, 1.82) is 0 Å². The molecule has 1 fully saturated rings. The van der Waals surface area contributed by atoms with Crippen LogP contribution in [0.15, 0.2) is 0 Å². The Morgan fingerprint density at radius 3 is 1.27 bits per heavy atom. The van der Waals surface area contributed by atoms with Crippen molar-refractivity contribution in [2.75, 3.05) is 11.5 Å². The molecular formula is C8H16O2S. The monoisotopic (exact) mass is 176 g/mol. The van der Waals surface area contributed by atoms with Crippen LogP contribution in [0.2, 0.25) is 0 Å². The lowest BCUT2D eigenvalue weighted by molar-refractivity contribution is 0.184. The summed E-state index contributed by atoms with van der Waals surface area (Å²) >= 11 is 0. The molecule has 1 saturated heterocycles. The maximum Gasteiger partial charge on any atom is 0.151 e. The highest BCUT2D eigenvalue weighted by Crippen LogP contribution is 2.46. The van der Waals surface area contributed by atoms with Crippen LogP contribution in [0.25, 0.3) is 0 Å². The Hall–Kier alpha value is -0.0500. The molecule has 1 heterocycles. The Morgan fingerprint density at radius 2 is 1.18 bits per heavy atom. The van der Waals surface area contributed by atoms with Gasteiger partial charge in [0, 0.05) is 0 Å². The molecule has 0 aromatic rings. The standard InChI is InChI=1S/C8H16O2S/c1-7(2)5-11(9,10)6-8(7,3)4/h5-6H2,1-4H3. The van der Waals surface area contributed by atoms with Crippen LogP contribution in [-0.2, 0) is 9.84 Å². The molecule has 0 aromatic carbocycles. The van der Waals surface area contributed by atoms with Crippen molar-refractivity contribution in [2.24, 2.45) is 10.8 Å². The fourth-order valence-electron chi connectivity index (χ4n) is 1.54. The summed E-state index contributed by atoms with van der Waals surface area (Å²) in [5.74, 6) is 0.681. The van der Waals surface area contributed by atoms with E-state index in [9.17, 15) is 8.42 Å². The van der Waals surface area contributed by atoms with Crippen LogP contribution < -0.4 is 0 Å². The average Bonchev–Trinajstić information content (AvgIpc) is 1.66. The van der Waals surface area contributed by atoms with Gasteiger partial charge in [0.1, 0.15) is 0 Å². The fourth-order valence-corrected chi connectivity index (χ4v) is 4.62. The van der Waals surface area contributed by atoms with E-state index in [1.54, 1.807) is 0 Å². The van der Waals surface area contributed by atoms with Gasteiger partial charge >= 0.3 is 0 Å². The molecule has 1 aliphatic rings. The summed E-state index contributed by atoms with van der Waals surface area (Å²) in [4.78, 5) is 0. The van der Waals surface area contributed by atoms with E-state index in [0.717, 1.165) is 0 Å². The first-order valence-electron chi connectivity index (χ1n) is 3.87. The molecule has 0 aliphatic carbocycles. The summed E-state index contributed by atoms with van der Waals surface area (Å²) in [7, 11) is -2.76. The van der Waals surface area contributed by atoms with Crippen molar-refractivity contribution in [1.82, 2.24) is 0 Å². The molecule has 3 heteroatoms. The van der Waals surface area contributed by atoms with Gasteiger partial charge in [-0.15, -0.1) is 0 Å². The molecule has 0 saturated carbocycles. The third-order valence-corrected chi connectivity index (χ3v) is 5.32. The third kappa shape index (κ3) is 1.43. The minimum atomic E-state index is -2.76. The summed E-state index contributed by atoms with van der Waals surface area (Å²) in [5.41, 5.74) is -0.127. The molecule has 0 N–H and O–H groups in total. The molecule has 0 aromatic heterocycles. The van der Waals surface area contributed by atoms with Crippen molar-refractivity contribution in [3.05, 3.63) is 0 Å². The minimum absolute atomic E-state index is 0.0637. The fraction of sp³-hybridized carbons (Fsp3) is 1.00. The Balaban J connectivity index is 3.08. The number of rotatable bonds is 0. The van der Waals surface area contributed by atoms with Crippen molar-refractivity contribution < 1.29 is 8.42 Å². The lowest BCUT2D eigenvalue weighted by Gasteiger charge is -2.32.